The van der Waals surface area contributed by atoms with E-state index in [-0.39, 0.29) is 22.1 Å². The van der Waals surface area contributed by atoms with Gasteiger partial charge in [-0.2, -0.15) is 0 Å². The first-order chi connectivity index (χ1) is 21.9. The Balaban J connectivity index is 1.27. The van der Waals surface area contributed by atoms with Crippen LogP contribution in [0.4, 0.5) is 0 Å². The number of esters is 1. The fraction of sp³-hybridized carbons (Fsp3) is 0.821. The third kappa shape index (κ3) is 4.87. The van der Waals surface area contributed by atoms with Crippen molar-refractivity contribution in [3.63, 3.8) is 0 Å². The van der Waals surface area contributed by atoms with Gasteiger partial charge in [0.05, 0.1) is 16.6 Å². The number of ether oxygens (including phenoxy) is 4. The quantitative estimate of drug-likeness (QED) is 0.263. The number of carbonyl (C=O) groups is 1. The first-order valence-electron chi connectivity index (χ1n) is 18.3. The van der Waals surface area contributed by atoms with Gasteiger partial charge < -0.3 is 18.9 Å². The Morgan fingerprint density at radius 3 is 2.26 bits per heavy atom. The third-order valence-corrected chi connectivity index (χ3v) is 17.4. The molecule has 1 aromatic carbocycles. The van der Waals surface area contributed by atoms with E-state index in [9.17, 15) is 13.2 Å². The van der Waals surface area contributed by atoms with Gasteiger partial charge in [-0.25, -0.2) is 8.42 Å². The van der Waals surface area contributed by atoms with E-state index in [0.29, 0.717) is 34.7 Å². The average molecular weight is 671 g/mol. The molecule has 262 valence electrons. The van der Waals surface area contributed by atoms with E-state index in [4.69, 9.17) is 18.9 Å². The molecular formula is C39H58O7S. The standard InChI is InChI=1S/C39H58O7S/c1-23(28-15-16-29-27-21-31(43-9)39-22-25(39)17-20-38(39,8)30(27)18-19-37(28,29)7)33(47(41,42)26-13-11-10-12-14-26)32(44-24(2)40)34-35(3,4)46-36(5,6)45-34/h10-14,23,25,27-34H,15-22H2,1-9H3/t23-,25-,27-,28+,29-,30-,31+,32?,33?,34?,37+,38+,39-/m0/s1. The molecule has 3 unspecified atom stereocenters. The van der Waals surface area contributed by atoms with E-state index >= 15 is 0 Å². The normalized spacial score (nSPS) is 44.7. The summed E-state index contributed by atoms with van der Waals surface area (Å²) in [7, 11) is -2.03. The summed E-state index contributed by atoms with van der Waals surface area (Å²) in [5.41, 5.74) is -0.185. The molecule has 0 aromatic heterocycles. The molecule has 6 fully saturated rings. The topological polar surface area (TPSA) is 88.1 Å². The number of hydrogen-bond donors (Lipinski definition) is 0. The van der Waals surface area contributed by atoms with E-state index in [1.165, 1.54) is 32.6 Å². The second kappa shape index (κ2) is 11.0. The van der Waals surface area contributed by atoms with Crippen molar-refractivity contribution in [3.8, 4) is 0 Å². The Morgan fingerprint density at radius 1 is 0.957 bits per heavy atom. The Kier molecular flexibility index (Phi) is 7.96. The number of methoxy groups -OCH3 is 1. The molecule has 0 radical (unpaired) electrons. The Hall–Kier alpha value is -1.48. The van der Waals surface area contributed by atoms with Gasteiger partial charge >= 0.3 is 5.97 Å². The zero-order valence-electron chi connectivity index (χ0n) is 30.1. The van der Waals surface area contributed by atoms with E-state index in [1.54, 1.807) is 24.3 Å². The van der Waals surface area contributed by atoms with Crippen molar-refractivity contribution in [2.45, 2.75) is 147 Å². The lowest BCUT2D eigenvalue weighted by Gasteiger charge is -2.61. The third-order valence-electron chi connectivity index (χ3n) is 15.0. The maximum absolute atomic E-state index is 15.0. The zero-order chi connectivity index (χ0) is 33.9. The SMILES string of the molecule is CO[C@@H]1C[C@H]2[C@@H]3CC[C@H]([C@H](C)C(C(OC(C)=O)C4OC(C)(C)OC4(C)C)S(=O)(=O)c4ccccc4)[C@@]3(C)CC[C@@H]2[C@@]2(C)CC[C@H]3C[C@]312. The number of carbonyl (C=O) groups excluding carboxylic acids is 1. The second-order valence-corrected chi connectivity index (χ2v) is 20.0. The predicted molar refractivity (Wildman–Crippen MR) is 180 cm³/mol. The van der Waals surface area contributed by atoms with Crippen molar-refractivity contribution in [3.05, 3.63) is 30.3 Å². The number of fused-ring (bicyclic) bond motifs is 4. The largest absolute Gasteiger partial charge is 0.458 e. The van der Waals surface area contributed by atoms with E-state index in [1.807, 2.05) is 40.9 Å². The summed E-state index contributed by atoms with van der Waals surface area (Å²) in [4.78, 5) is 13.1. The number of sulfone groups is 1. The highest BCUT2D eigenvalue weighted by Crippen LogP contribution is 2.82. The summed E-state index contributed by atoms with van der Waals surface area (Å²) < 4.78 is 55.2. The van der Waals surface area contributed by atoms with Gasteiger partial charge in [0.2, 0.25) is 0 Å². The number of hydrogen-bond acceptors (Lipinski definition) is 7. The Morgan fingerprint density at radius 2 is 1.66 bits per heavy atom. The van der Waals surface area contributed by atoms with Gasteiger partial charge in [0.15, 0.2) is 15.6 Å². The van der Waals surface area contributed by atoms with Crippen LogP contribution in [0.5, 0.6) is 0 Å². The summed E-state index contributed by atoms with van der Waals surface area (Å²) in [5.74, 6) is 1.04. The molecule has 8 heteroatoms. The van der Waals surface area contributed by atoms with Gasteiger partial charge in [0.25, 0.3) is 0 Å². The van der Waals surface area contributed by atoms with Crippen LogP contribution in [0.25, 0.3) is 0 Å². The van der Waals surface area contributed by atoms with Crippen molar-refractivity contribution in [2.75, 3.05) is 7.11 Å². The van der Waals surface area contributed by atoms with Crippen LogP contribution in [0, 0.1) is 51.8 Å². The molecule has 7 nitrogen and oxygen atoms in total. The molecule has 1 aliphatic heterocycles. The summed E-state index contributed by atoms with van der Waals surface area (Å²) >= 11 is 0. The highest BCUT2D eigenvalue weighted by molar-refractivity contribution is 7.92. The minimum absolute atomic E-state index is 0.0195. The first kappa shape index (κ1) is 34.0. The lowest BCUT2D eigenvalue weighted by atomic mass is 9.45. The van der Waals surface area contributed by atoms with Gasteiger partial charge in [-0.15, -0.1) is 0 Å². The molecule has 6 aliphatic rings. The van der Waals surface area contributed by atoms with Crippen LogP contribution in [0.15, 0.2) is 35.2 Å². The van der Waals surface area contributed by atoms with Crippen LogP contribution in [0.2, 0.25) is 0 Å². The molecule has 5 aliphatic carbocycles. The molecule has 13 atom stereocenters. The lowest BCUT2D eigenvalue weighted by Crippen LogP contribution is -2.58. The summed E-state index contributed by atoms with van der Waals surface area (Å²) in [6, 6.07) is 8.70. The average Bonchev–Trinajstić information content (AvgIpc) is 3.38. The van der Waals surface area contributed by atoms with Gasteiger partial charge in [-0.1, -0.05) is 39.0 Å². The van der Waals surface area contributed by atoms with Crippen molar-refractivity contribution in [1.82, 2.24) is 0 Å². The van der Waals surface area contributed by atoms with Gasteiger partial charge in [-0.3, -0.25) is 4.79 Å². The fourth-order valence-electron chi connectivity index (χ4n) is 13.4. The van der Waals surface area contributed by atoms with E-state index < -0.39 is 44.7 Å². The monoisotopic (exact) mass is 670 g/mol. The lowest BCUT2D eigenvalue weighted by molar-refractivity contribution is -0.174. The molecular weight excluding hydrogens is 612 g/mol. The van der Waals surface area contributed by atoms with Crippen LogP contribution in [-0.2, 0) is 33.6 Å². The van der Waals surface area contributed by atoms with Crippen LogP contribution in [-0.4, -0.2) is 56.4 Å². The highest BCUT2D eigenvalue weighted by Gasteiger charge is 2.77. The van der Waals surface area contributed by atoms with Crippen LogP contribution in [0.3, 0.4) is 0 Å². The maximum Gasteiger partial charge on any atom is 0.303 e. The Bertz CT molecular complexity index is 1490. The highest BCUT2D eigenvalue weighted by atomic mass is 32.2. The summed E-state index contributed by atoms with van der Waals surface area (Å²) in [5, 5.41) is -1.00. The van der Waals surface area contributed by atoms with Crippen LogP contribution >= 0.6 is 0 Å². The molecule has 0 amide bonds. The van der Waals surface area contributed by atoms with Gasteiger partial charge in [-0.05, 0) is 138 Å². The first-order valence-corrected chi connectivity index (χ1v) is 19.8. The Labute approximate surface area is 283 Å². The number of benzene rings is 1. The molecule has 7 rings (SSSR count). The molecule has 0 bridgehead atoms. The van der Waals surface area contributed by atoms with Crippen molar-refractivity contribution in [1.29, 1.82) is 0 Å². The predicted octanol–water partition coefficient (Wildman–Crippen LogP) is 7.61. The minimum Gasteiger partial charge on any atom is -0.458 e. The van der Waals surface area contributed by atoms with Gasteiger partial charge in [0.1, 0.15) is 17.5 Å². The molecule has 47 heavy (non-hydrogen) atoms. The van der Waals surface area contributed by atoms with Crippen molar-refractivity contribution < 1.29 is 32.2 Å². The molecule has 0 N–H and O–H groups in total. The smallest absolute Gasteiger partial charge is 0.303 e. The van der Waals surface area contributed by atoms with E-state index in [0.717, 1.165) is 31.6 Å². The second-order valence-electron chi connectivity index (χ2n) is 17.9. The van der Waals surface area contributed by atoms with E-state index in [2.05, 4.69) is 20.8 Å². The summed E-state index contributed by atoms with van der Waals surface area (Å²) in [6.07, 6.45) is 8.04. The fourth-order valence-corrected chi connectivity index (χ4v) is 15.5. The maximum atomic E-state index is 15.0. The minimum atomic E-state index is -3.97. The van der Waals surface area contributed by atoms with Crippen LogP contribution in [0.1, 0.15) is 107 Å². The van der Waals surface area contributed by atoms with Gasteiger partial charge in [0, 0.05) is 19.4 Å². The van der Waals surface area contributed by atoms with Crippen molar-refractivity contribution in [2.24, 2.45) is 51.8 Å². The molecule has 1 spiro atoms. The number of rotatable bonds is 8. The molecule has 1 saturated heterocycles. The molecule has 5 saturated carbocycles. The zero-order valence-corrected chi connectivity index (χ0v) is 30.9. The molecule has 1 aromatic rings. The van der Waals surface area contributed by atoms with Crippen LogP contribution < -0.4 is 0 Å². The van der Waals surface area contributed by atoms with Crippen molar-refractivity contribution >= 4 is 15.8 Å². The molecule has 1 heterocycles. The summed E-state index contributed by atoms with van der Waals surface area (Å²) in [6.45, 7) is 16.0.